The molecule has 8 heteroatoms. The van der Waals surface area contributed by atoms with Crippen molar-refractivity contribution in [1.82, 2.24) is 10.1 Å². The Bertz CT molecular complexity index is 1620. The van der Waals surface area contributed by atoms with Crippen LogP contribution < -0.4 is 4.74 Å². The molecule has 6 nitrogen and oxygen atoms in total. The lowest BCUT2D eigenvalue weighted by Gasteiger charge is -2.11. The molecule has 0 atom stereocenters. The molecule has 0 aliphatic heterocycles. The first-order chi connectivity index (χ1) is 18.4. The molecule has 2 heterocycles. The number of ether oxygens (including phenoxy) is 1. The van der Waals surface area contributed by atoms with Crippen LogP contribution >= 0.6 is 23.2 Å². The van der Waals surface area contributed by atoms with Gasteiger partial charge >= 0.3 is 5.97 Å². The van der Waals surface area contributed by atoms with Crippen LogP contribution in [0.25, 0.3) is 33.3 Å². The highest BCUT2D eigenvalue weighted by Crippen LogP contribution is 2.37. The first-order valence-electron chi connectivity index (χ1n) is 12.2. The average molecular weight is 547 g/mol. The van der Waals surface area contributed by atoms with Gasteiger partial charge in [-0.15, -0.1) is 0 Å². The first kappa shape index (κ1) is 25.8. The van der Waals surface area contributed by atoms with Gasteiger partial charge in [0.15, 0.2) is 0 Å². The molecule has 0 unspecified atom stereocenters. The van der Waals surface area contributed by atoms with E-state index < -0.39 is 5.97 Å². The Hall–Kier alpha value is -3.87. The number of carboxylic acid groups (broad SMARTS) is 1. The van der Waals surface area contributed by atoms with Crippen molar-refractivity contribution in [2.45, 2.75) is 33.3 Å². The molecule has 0 saturated heterocycles. The van der Waals surface area contributed by atoms with Gasteiger partial charge in [0.25, 0.3) is 0 Å². The Morgan fingerprint density at radius 3 is 2.39 bits per heavy atom. The Balaban J connectivity index is 1.39. The molecule has 0 spiro atoms. The Labute approximate surface area is 229 Å². The van der Waals surface area contributed by atoms with E-state index in [0.717, 1.165) is 39.8 Å². The molecular weight excluding hydrogens is 523 g/mol. The van der Waals surface area contributed by atoms with Crippen LogP contribution in [0.1, 0.15) is 40.7 Å². The molecule has 38 heavy (non-hydrogen) atoms. The van der Waals surface area contributed by atoms with Gasteiger partial charge < -0.3 is 14.4 Å². The molecule has 5 aromatic rings. The van der Waals surface area contributed by atoms with Crippen LogP contribution in [0.2, 0.25) is 10.0 Å². The van der Waals surface area contributed by atoms with Gasteiger partial charge in [-0.2, -0.15) is 0 Å². The number of aromatic carboxylic acids is 1. The van der Waals surface area contributed by atoms with Gasteiger partial charge in [0.1, 0.15) is 23.8 Å². The number of pyridine rings is 1. The summed E-state index contributed by atoms with van der Waals surface area (Å²) in [6.45, 7) is 4.01. The van der Waals surface area contributed by atoms with E-state index in [0.29, 0.717) is 39.2 Å². The number of fused-ring (bicyclic) bond motifs is 1. The summed E-state index contributed by atoms with van der Waals surface area (Å²) in [4.78, 5) is 15.9. The minimum atomic E-state index is -0.987. The van der Waals surface area contributed by atoms with Crippen molar-refractivity contribution in [2.75, 3.05) is 0 Å². The smallest absolute Gasteiger partial charge is 0.337 e. The van der Waals surface area contributed by atoms with Gasteiger partial charge in [0, 0.05) is 17.4 Å². The summed E-state index contributed by atoms with van der Waals surface area (Å²) in [5, 5.41) is 15.5. The van der Waals surface area contributed by atoms with Gasteiger partial charge in [-0.05, 0) is 66.9 Å². The minimum Gasteiger partial charge on any atom is -0.489 e. The molecule has 5 rings (SSSR count). The number of aromatic nitrogens is 2. The maximum atomic E-state index is 11.5. The van der Waals surface area contributed by atoms with Crippen LogP contribution in [0.15, 0.2) is 71.3 Å². The van der Waals surface area contributed by atoms with E-state index in [1.807, 2.05) is 42.5 Å². The highest BCUT2D eigenvalue weighted by atomic mass is 35.5. The Kier molecular flexibility index (Phi) is 7.36. The molecule has 2 aromatic heterocycles. The molecule has 192 valence electrons. The molecule has 0 fully saturated rings. The number of carboxylic acids is 1. The summed E-state index contributed by atoms with van der Waals surface area (Å²) in [7, 11) is 0. The second kappa shape index (κ2) is 10.9. The fourth-order valence-electron chi connectivity index (χ4n) is 4.40. The zero-order chi connectivity index (χ0) is 26.8. The van der Waals surface area contributed by atoms with Crippen molar-refractivity contribution in [1.29, 1.82) is 0 Å². The highest BCUT2D eigenvalue weighted by molar-refractivity contribution is 6.39. The van der Waals surface area contributed by atoms with E-state index >= 15 is 0 Å². The second-order valence-electron chi connectivity index (χ2n) is 8.93. The summed E-state index contributed by atoms with van der Waals surface area (Å²) >= 11 is 12.9. The molecule has 0 radical (unpaired) electrons. The van der Waals surface area contributed by atoms with Gasteiger partial charge in [-0.3, -0.25) is 4.98 Å². The molecule has 1 N–H and O–H groups in total. The van der Waals surface area contributed by atoms with E-state index in [-0.39, 0.29) is 12.2 Å². The number of aryl methyl sites for hydroxylation is 2. The standard InChI is InChI=1S/C30H24Cl2N2O4/c1-3-5-27-23(29(34-38-27)28-24(31)6-4-7-25(28)32)16-37-21-11-8-18(9-12-21)19-10-13-26-20(14-19)15-22(30(35)36)17(2)33-26/h4,6-15H,3,5,16H2,1-2H3,(H,35,36). The average Bonchev–Trinajstić information content (AvgIpc) is 3.29. The van der Waals surface area contributed by atoms with Gasteiger partial charge in [0.2, 0.25) is 0 Å². The normalized spacial score (nSPS) is 11.2. The third-order valence-electron chi connectivity index (χ3n) is 6.35. The third kappa shape index (κ3) is 5.10. The second-order valence-corrected chi connectivity index (χ2v) is 9.74. The van der Waals surface area contributed by atoms with E-state index in [1.54, 1.807) is 31.2 Å². The number of carbonyl (C=O) groups is 1. The van der Waals surface area contributed by atoms with Crippen molar-refractivity contribution >= 4 is 40.1 Å². The van der Waals surface area contributed by atoms with E-state index in [4.69, 9.17) is 32.5 Å². The van der Waals surface area contributed by atoms with Crippen LogP contribution in [-0.2, 0) is 13.0 Å². The summed E-state index contributed by atoms with van der Waals surface area (Å²) in [5.41, 5.74) is 5.40. The molecular formula is C30H24Cl2N2O4. The molecule has 0 amide bonds. The van der Waals surface area contributed by atoms with E-state index in [9.17, 15) is 9.90 Å². The van der Waals surface area contributed by atoms with Crippen LogP contribution in [0.3, 0.4) is 0 Å². The topological polar surface area (TPSA) is 85.5 Å². The number of benzene rings is 3. The van der Waals surface area contributed by atoms with Gasteiger partial charge in [0.05, 0.1) is 32.4 Å². The van der Waals surface area contributed by atoms with Crippen LogP contribution in [-0.4, -0.2) is 21.2 Å². The summed E-state index contributed by atoms with van der Waals surface area (Å²) in [6.07, 6.45) is 1.61. The van der Waals surface area contributed by atoms with Gasteiger partial charge in [-0.1, -0.05) is 59.5 Å². The van der Waals surface area contributed by atoms with Crippen molar-refractivity contribution in [3.63, 3.8) is 0 Å². The Morgan fingerprint density at radius 1 is 1.00 bits per heavy atom. The fraction of sp³-hybridized carbons (Fsp3) is 0.167. The molecule has 0 aliphatic carbocycles. The highest BCUT2D eigenvalue weighted by Gasteiger charge is 2.22. The van der Waals surface area contributed by atoms with Crippen molar-refractivity contribution < 1.29 is 19.2 Å². The minimum absolute atomic E-state index is 0.201. The van der Waals surface area contributed by atoms with Gasteiger partial charge in [-0.25, -0.2) is 4.79 Å². The number of nitrogens with zero attached hydrogens (tertiary/aromatic N) is 2. The van der Waals surface area contributed by atoms with Crippen LogP contribution in [0.4, 0.5) is 0 Å². The lowest BCUT2D eigenvalue weighted by Crippen LogP contribution is -2.01. The zero-order valence-corrected chi connectivity index (χ0v) is 22.3. The predicted octanol–water partition coefficient (Wildman–Crippen LogP) is 8.40. The van der Waals surface area contributed by atoms with Crippen molar-refractivity contribution in [2.24, 2.45) is 0 Å². The van der Waals surface area contributed by atoms with E-state index in [2.05, 4.69) is 17.1 Å². The lowest BCUT2D eigenvalue weighted by molar-refractivity contribution is 0.0696. The van der Waals surface area contributed by atoms with Crippen LogP contribution in [0, 0.1) is 6.92 Å². The number of halogens is 2. The first-order valence-corrected chi connectivity index (χ1v) is 12.9. The largest absolute Gasteiger partial charge is 0.489 e. The summed E-state index contributed by atoms with van der Waals surface area (Å²) in [6, 6.07) is 20.5. The zero-order valence-electron chi connectivity index (χ0n) is 20.8. The maximum Gasteiger partial charge on any atom is 0.337 e. The SMILES string of the molecule is CCCc1onc(-c2c(Cl)cccc2Cl)c1COc1ccc(-c2ccc3nc(C)c(C(=O)O)cc3c2)cc1. The van der Waals surface area contributed by atoms with Crippen molar-refractivity contribution in [3.05, 3.63) is 99.4 Å². The number of hydrogen-bond acceptors (Lipinski definition) is 5. The quantitative estimate of drug-likeness (QED) is 0.210. The third-order valence-corrected chi connectivity index (χ3v) is 6.98. The molecule has 0 saturated carbocycles. The molecule has 0 bridgehead atoms. The predicted molar refractivity (Wildman–Crippen MR) is 149 cm³/mol. The summed E-state index contributed by atoms with van der Waals surface area (Å²) in [5.74, 6) is 0.439. The van der Waals surface area contributed by atoms with Crippen molar-refractivity contribution in [3.8, 4) is 28.1 Å². The number of rotatable bonds is 8. The van der Waals surface area contributed by atoms with Crippen LogP contribution in [0.5, 0.6) is 5.75 Å². The number of hydrogen-bond donors (Lipinski definition) is 1. The lowest BCUT2D eigenvalue weighted by atomic mass is 10.0. The maximum absolute atomic E-state index is 11.5. The molecule has 3 aromatic carbocycles. The summed E-state index contributed by atoms with van der Waals surface area (Å²) < 4.78 is 11.8. The van der Waals surface area contributed by atoms with E-state index in [1.165, 1.54) is 0 Å². The Morgan fingerprint density at radius 2 is 1.71 bits per heavy atom. The fourth-order valence-corrected chi connectivity index (χ4v) is 4.98. The molecule has 0 aliphatic rings. The monoisotopic (exact) mass is 546 g/mol.